The van der Waals surface area contributed by atoms with Gasteiger partial charge in [-0.3, -0.25) is 10.1 Å². The number of thiophene rings is 1. The molecule has 1 aromatic heterocycles. The third-order valence-electron chi connectivity index (χ3n) is 3.87. The smallest absolute Gasteiger partial charge is 0.241 e. The summed E-state index contributed by atoms with van der Waals surface area (Å²) in [4.78, 5) is 16.0. The van der Waals surface area contributed by atoms with E-state index in [-0.39, 0.29) is 23.5 Å². The van der Waals surface area contributed by atoms with Gasteiger partial charge in [-0.25, -0.2) is 0 Å². The van der Waals surface area contributed by atoms with Crippen molar-refractivity contribution in [3.63, 3.8) is 0 Å². The van der Waals surface area contributed by atoms with Crippen molar-refractivity contribution in [1.82, 2.24) is 10.2 Å². The van der Waals surface area contributed by atoms with Gasteiger partial charge in [0.25, 0.3) is 0 Å². The minimum atomic E-state index is -0.0468. The molecule has 2 heterocycles. The van der Waals surface area contributed by atoms with Crippen molar-refractivity contribution in [2.24, 2.45) is 11.3 Å². The van der Waals surface area contributed by atoms with Crippen LogP contribution in [0.15, 0.2) is 17.5 Å². The first-order valence-corrected chi connectivity index (χ1v) is 8.31. The fraction of sp³-hybridized carbons (Fsp3) is 0.688. The van der Waals surface area contributed by atoms with Gasteiger partial charge in [-0.15, -0.1) is 11.3 Å². The van der Waals surface area contributed by atoms with Gasteiger partial charge in [-0.1, -0.05) is 47.1 Å². The van der Waals surface area contributed by atoms with Gasteiger partial charge in [-0.2, -0.15) is 0 Å². The Hall–Kier alpha value is -0.870. The number of carbonyl (C=O) groups is 1. The number of hydrogen-bond donors (Lipinski definition) is 1. The van der Waals surface area contributed by atoms with E-state index in [9.17, 15) is 4.79 Å². The molecule has 1 aliphatic rings. The van der Waals surface area contributed by atoms with Crippen LogP contribution in [0.3, 0.4) is 0 Å². The largest absolute Gasteiger partial charge is 0.320 e. The van der Waals surface area contributed by atoms with Crippen LogP contribution in [-0.2, 0) is 4.79 Å². The van der Waals surface area contributed by atoms with Gasteiger partial charge in [0.1, 0.15) is 6.17 Å². The molecule has 1 aliphatic heterocycles. The Morgan fingerprint density at radius 2 is 2.15 bits per heavy atom. The molecule has 2 rings (SSSR count). The fourth-order valence-corrected chi connectivity index (χ4v) is 3.44. The minimum absolute atomic E-state index is 0.0423. The zero-order valence-corrected chi connectivity index (χ0v) is 14.0. The highest BCUT2D eigenvalue weighted by Crippen LogP contribution is 2.33. The Bertz CT molecular complexity index is 450. The molecule has 1 N–H and O–H groups in total. The Morgan fingerprint density at radius 3 is 2.65 bits per heavy atom. The molecule has 3 unspecified atom stereocenters. The number of carbonyl (C=O) groups excluding carboxylic acids is 1. The Balaban J connectivity index is 2.26. The molecule has 1 fully saturated rings. The van der Waals surface area contributed by atoms with E-state index in [1.54, 1.807) is 11.3 Å². The summed E-state index contributed by atoms with van der Waals surface area (Å²) in [5, 5.41) is 5.63. The van der Waals surface area contributed by atoms with Gasteiger partial charge in [0.05, 0.1) is 6.04 Å². The summed E-state index contributed by atoms with van der Waals surface area (Å²) in [6, 6.07) is 4.12. The zero-order chi connectivity index (χ0) is 14.9. The standard InChI is InChI=1S/C16H26N2OS/c1-6-11(2)13-15(19)18(10-16(3,4)5)14(17-13)12-8-7-9-20-12/h7-9,11,13-14,17H,6,10H2,1-5H3. The van der Waals surface area contributed by atoms with Gasteiger partial charge in [0, 0.05) is 11.4 Å². The summed E-state index contributed by atoms with van der Waals surface area (Å²) >= 11 is 1.72. The molecule has 3 nitrogen and oxygen atoms in total. The van der Waals surface area contributed by atoms with Crippen LogP contribution in [-0.4, -0.2) is 23.4 Å². The summed E-state index contributed by atoms with van der Waals surface area (Å²) < 4.78 is 0. The van der Waals surface area contributed by atoms with Crippen LogP contribution in [0.5, 0.6) is 0 Å². The highest BCUT2D eigenvalue weighted by atomic mass is 32.1. The lowest BCUT2D eigenvalue weighted by Gasteiger charge is -2.30. The van der Waals surface area contributed by atoms with E-state index >= 15 is 0 Å². The lowest BCUT2D eigenvalue weighted by molar-refractivity contribution is -0.132. The molecule has 1 saturated heterocycles. The van der Waals surface area contributed by atoms with E-state index in [0.717, 1.165) is 13.0 Å². The molecule has 20 heavy (non-hydrogen) atoms. The van der Waals surface area contributed by atoms with Crippen LogP contribution in [0, 0.1) is 11.3 Å². The van der Waals surface area contributed by atoms with Crippen molar-refractivity contribution in [1.29, 1.82) is 0 Å². The maximum absolute atomic E-state index is 12.8. The second-order valence-electron chi connectivity index (χ2n) is 6.97. The molecule has 0 aliphatic carbocycles. The van der Waals surface area contributed by atoms with Crippen molar-refractivity contribution >= 4 is 17.2 Å². The van der Waals surface area contributed by atoms with E-state index in [4.69, 9.17) is 0 Å². The first-order chi connectivity index (χ1) is 9.33. The summed E-state index contributed by atoms with van der Waals surface area (Å²) in [6.07, 6.45) is 1.06. The first kappa shape index (κ1) is 15.5. The molecule has 1 aromatic rings. The van der Waals surface area contributed by atoms with Crippen LogP contribution >= 0.6 is 11.3 Å². The molecule has 4 heteroatoms. The second-order valence-corrected chi connectivity index (χ2v) is 7.95. The molecule has 0 saturated carbocycles. The number of nitrogens with zero attached hydrogens (tertiary/aromatic N) is 1. The van der Waals surface area contributed by atoms with Gasteiger partial charge < -0.3 is 4.90 Å². The third kappa shape index (κ3) is 3.23. The quantitative estimate of drug-likeness (QED) is 0.919. The average Bonchev–Trinajstić information content (AvgIpc) is 2.97. The minimum Gasteiger partial charge on any atom is -0.320 e. The SMILES string of the molecule is CCC(C)C1NC(c2cccs2)N(CC(C)(C)C)C1=O. The van der Waals surface area contributed by atoms with Crippen LogP contribution < -0.4 is 5.32 Å². The van der Waals surface area contributed by atoms with Crippen molar-refractivity contribution in [2.45, 2.75) is 53.2 Å². The topological polar surface area (TPSA) is 32.3 Å². The molecular weight excluding hydrogens is 268 g/mol. The molecule has 0 aromatic carbocycles. The maximum Gasteiger partial charge on any atom is 0.241 e. The molecular formula is C16H26N2OS. The van der Waals surface area contributed by atoms with Crippen molar-refractivity contribution in [3.8, 4) is 0 Å². The van der Waals surface area contributed by atoms with Crippen LogP contribution in [0.2, 0.25) is 0 Å². The van der Waals surface area contributed by atoms with Gasteiger partial charge in [0.2, 0.25) is 5.91 Å². The van der Waals surface area contributed by atoms with E-state index in [0.29, 0.717) is 5.92 Å². The Morgan fingerprint density at radius 1 is 1.45 bits per heavy atom. The summed E-state index contributed by atoms with van der Waals surface area (Å²) in [5.74, 6) is 0.627. The average molecular weight is 294 g/mol. The lowest BCUT2D eigenvalue weighted by atomic mass is 9.95. The lowest BCUT2D eigenvalue weighted by Crippen LogP contribution is -2.38. The van der Waals surface area contributed by atoms with E-state index < -0.39 is 0 Å². The molecule has 1 amide bonds. The van der Waals surface area contributed by atoms with Crippen LogP contribution in [0.25, 0.3) is 0 Å². The number of rotatable bonds is 4. The molecule has 0 bridgehead atoms. The number of nitrogens with one attached hydrogen (secondary N) is 1. The normalized spacial score (nSPS) is 25.2. The van der Waals surface area contributed by atoms with Crippen molar-refractivity contribution < 1.29 is 4.79 Å². The fourth-order valence-electron chi connectivity index (χ4n) is 2.64. The molecule has 0 spiro atoms. The van der Waals surface area contributed by atoms with E-state index in [1.165, 1.54) is 4.88 Å². The predicted molar refractivity (Wildman–Crippen MR) is 84.6 cm³/mol. The van der Waals surface area contributed by atoms with Crippen molar-refractivity contribution in [2.75, 3.05) is 6.54 Å². The first-order valence-electron chi connectivity index (χ1n) is 7.43. The van der Waals surface area contributed by atoms with Crippen LogP contribution in [0.4, 0.5) is 0 Å². The third-order valence-corrected chi connectivity index (χ3v) is 4.79. The molecule has 3 atom stereocenters. The summed E-state index contributed by atoms with van der Waals surface area (Å²) in [6.45, 7) is 11.6. The Kier molecular flexibility index (Phi) is 4.55. The highest BCUT2D eigenvalue weighted by Gasteiger charge is 2.43. The van der Waals surface area contributed by atoms with E-state index in [2.05, 4.69) is 57.4 Å². The number of amides is 1. The van der Waals surface area contributed by atoms with E-state index in [1.807, 2.05) is 4.90 Å². The van der Waals surface area contributed by atoms with Crippen molar-refractivity contribution in [3.05, 3.63) is 22.4 Å². The maximum atomic E-state index is 12.8. The zero-order valence-electron chi connectivity index (χ0n) is 13.1. The van der Waals surface area contributed by atoms with Gasteiger partial charge >= 0.3 is 0 Å². The number of hydrogen-bond acceptors (Lipinski definition) is 3. The predicted octanol–water partition coefficient (Wildman–Crippen LogP) is 3.64. The van der Waals surface area contributed by atoms with Crippen LogP contribution in [0.1, 0.15) is 52.1 Å². The summed E-state index contributed by atoms with van der Waals surface area (Å²) in [7, 11) is 0. The van der Waals surface area contributed by atoms with Gasteiger partial charge in [0.15, 0.2) is 0 Å². The summed E-state index contributed by atoms with van der Waals surface area (Å²) in [5.41, 5.74) is 0.108. The van der Waals surface area contributed by atoms with Gasteiger partial charge in [-0.05, 0) is 22.8 Å². The Labute approximate surface area is 126 Å². The second kappa shape index (κ2) is 5.86. The molecule has 112 valence electrons. The highest BCUT2D eigenvalue weighted by molar-refractivity contribution is 7.10. The molecule has 0 radical (unpaired) electrons. The monoisotopic (exact) mass is 294 g/mol.